The van der Waals surface area contributed by atoms with Gasteiger partial charge < -0.3 is 0 Å². The van der Waals surface area contributed by atoms with Crippen molar-refractivity contribution in [1.29, 1.82) is 0 Å². The van der Waals surface area contributed by atoms with Crippen LogP contribution in [-0.4, -0.2) is 25.7 Å². The highest BCUT2D eigenvalue weighted by Gasteiger charge is 2.18. The Bertz CT molecular complexity index is 986. The normalized spacial score (nSPS) is 11.3. The number of carbonyl (C=O) groups is 1. The van der Waals surface area contributed by atoms with Crippen molar-refractivity contribution in [3.05, 3.63) is 60.3 Å². The van der Waals surface area contributed by atoms with Crippen molar-refractivity contribution in [3.63, 3.8) is 0 Å². The van der Waals surface area contributed by atoms with Crippen molar-refractivity contribution in [2.45, 2.75) is 0 Å². The maximum atomic E-state index is 13.6. The van der Waals surface area contributed by atoms with E-state index in [4.69, 9.17) is 0 Å². The first-order valence-electron chi connectivity index (χ1n) is 6.35. The van der Waals surface area contributed by atoms with E-state index in [-0.39, 0.29) is 17.1 Å². The first-order valence-corrected chi connectivity index (χ1v) is 6.35. The van der Waals surface area contributed by atoms with Gasteiger partial charge >= 0.3 is 0 Å². The first-order chi connectivity index (χ1) is 10.3. The molecule has 0 bridgehead atoms. The van der Waals surface area contributed by atoms with Crippen molar-refractivity contribution < 1.29 is 9.18 Å². The Balaban J connectivity index is 1.93. The lowest BCUT2D eigenvalue weighted by molar-refractivity contribution is 0.0961. The molecule has 0 aliphatic carbocycles. The number of imidazole rings is 1. The number of aromatic nitrogens is 4. The molecule has 0 spiro atoms. The molecule has 0 amide bonds. The Morgan fingerprint density at radius 3 is 2.90 bits per heavy atom. The van der Waals surface area contributed by atoms with Crippen LogP contribution in [0.2, 0.25) is 0 Å². The SMILES string of the molecule is O=C(c1[nH]nc2c(F)cccc12)n1cnc2ccccc21. The van der Waals surface area contributed by atoms with Gasteiger partial charge in [-0.05, 0) is 18.2 Å². The summed E-state index contributed by atoms with van der Waals surface area (Å²) in [6.45, 7) is 0. The van der Waals surface area contributed by atoms with Crippen LogP contribution in [-0.2, 0) is 0 Å². The monoisotopic (exact) mass is 280 g/mol. The molecule has 0 unspecified atom stereocenters. The molecule has 0 saturated carbocycles. The molecule has 2 heterocycles. The number of rotatable bonds is 1. The van der Waals surface area contributed by atoms with E-state index in [1.54, 1.807) is 18.2 Å². The number of hydrogen-bond acceptors (Lipinski definition) is 3. The average Bonchev–Trinajstić information content (AvgIpc) is 3.11. The van der Waals surface area contributed by atoms with Gasteiger partial charge in [-0.15, -0.1) is 0 Å². The largest absolute Gasteiger partial charge is 0.282 e. The zero-order valence-corrected chi connectivity index (χ0v) is 10.7. The van der Waals surface area contributed by atoms with Crippen LogP contribution in [0.1, 0.15) is 10.5 Å². The second-order valence-corrected chi connectivity index (χ2v) is 4.64. The minimum absolute atomic E-state index is 0.158. The number of carbonyl (C=O) groups excluding carboxylic acids is 1. The number of nitrogens with zero attached hydrogens (tertiary/aromatic N) is 3. The third-order valence-electron chi connectivity index (χ3n) is 3.42. The number of halogens is 1. The van der Waals surface area contributed by atoms with E-state index in [1.807, 2.05) is 18.2 Å². The summed E-state index contributed by atoms with van der Waals surface area (Å²) >= 11 is 0. The highest BCUT2D eigenvalue weighted by atomic mass is 19.1. The fourth-order valence-corrected chi connectivity index (χ4v) is 2.41. The smallest absolute Gasteiger partial charge is 0.272 e. The predicted octanol–water partition coefficient (Wildman–Crippen LogP) is 2.74. The van der Waals surface area contributed by atoms with E-state index in [0.717, 1.165) is 5.52 Å². The van der Waals surface area contributed by atoms with Crippen molar-refractivity contribution in [2.24, 2.45) is 0 Å². The quantitative estimate of drug-likeness (QED) is 0.583. The zero-order valence-electron chi connectivity index (χ0n) is 10.7. The molecule has 6 heteroatoms. The summed E-state index contributed by atoms with van der Waals surface area (Å²) in [5.41, 5.74) is 1.82. The maximum Gasteiger partial charge on any atom is 0.282 e. The molecule has 0 fully saturated rings. The Morgan fingerprint density at radius 1 is 1.14 bits per heavy atom. The lowest BCUT2D eigenvalue weighted by Gasteiger charge is -2.01. The summed E-state index contributed by atoms with van der Waals surface area (Å²) in [5, 5.41) is 6.95. The number of H-pyrrole nitrogens is 1. The molecule has 0 radical (unpaired) electrons. The van der Waals surface area contributed by atoms with Gasteiger partial charge in [0.05, 0.1) is 11.0 Å². The van der Waals surface area contributed by atoms with Crippen LogP contribution in [0.25, 0.3) is 21.9 Å². The van der Waals surface area contributed by atoms with E-state index >= 15 is 0 Å². The lowest BCUT2D eigenvalue weighted by atomic mass is 10.2. The maximum absolute atomic E-state index is 13.6. The van der Waals surface area contributed by atoms with Crippen LogP contribution in [0.4, 0.5) is 4.39 Å². The Morgan fingerprint density at radius 2 is 2.00 bits per heavy atom. The fourth-order valence-electron chi connectivity index (χ4n) is 2.41. The number of para-hydroxylation sites is 3. The minimum Gasteiger partial charge on any atom is -0.272 e. The Labute approximate surface area is 118 Å². The molecule has 0 atom stereocenters. The van der Waals surface area contributed by atoms with E-state index < -0.39 is 5.82 Å². The van der Waals surface area contributed by atoms with Gasteiger partial charge in [0.2, 0.25) is 0 Å². The van der Waals surface area contributed by atoms with E-state index in [1.165, 1.54) is 17.0 Å². The molecule has 1 N–H and O–H groups in total. The fraction of sp³-hybridized carbons (Fsp3) is 0. The number of aromatic amines is 1. The Hall–Kier alpha value is -3.02. The molecule has 0 aliphatic heterocycles. The molecule has 4 aromatic rings. The Kier molecular flexibility index (Phi) is 2.38. The van der Waals surface area contributed by atoms with Crippen LogP contribution in [0.5, 0.6) is 0 Å². The van der Waals surface area contributed by atoms with E-state index in [0.29, 0.717) is 10.9 Å². The van der Waals surface area contributed by atoms with Crippen LogP contribution in [0, 0.1) is 5.82 Å². The first kappa shape index (κ1) is 11.8. The number of fused-ring (bicyclic) bond motifs is 2. The molecular formula is C15H9FN4O. The van der Waals surface area contributed by atoms with Crippen molar-refractivity contribution in [1.82, 2.24) is 19.7 Å². The summed E-state index contributed by atoms with van der Waals surface area (Å²) in [6, 6.07) is 11.8. The number of nitrogens with one attached hydrogen (secondary N) is 1. The molecule has 0 aliphatic rings. The van der Waals surface area contributed by atoms with Crippen molar-refractivity contribution in [2.75, 3.05) is 0 Å². The summed E-state index contributed by atoms with van der Waals surface area (Å²) in [5.74, 6) is -0.782. The zero-order chi connectivity index (χ0) is 14.4. The van der Waals surface area contributed by atoms with Gasteiger partial charge in [0, 0.05) is 5.39 Å². The number of hydrogen-bond donors (Lipinski definition) is 1. The number of benzene rings is 2. The summed E-state index contributed by atoms with van der Waals surface area (Å²) in [7, 11) is 0. The topological polar surface area (TPSA) is 63.6 Å². The van der Waals surface area contributed by atoms with Crippen LogP contribution < -0.4 is 0 Å². The van der Waals surface area contributed by atoms with Gasteiger partial charge in [-0.2, -0.15) is 5.10 Å². The molecule has 0 saturated heterocycles. The van der Waals surface area contributed by atoms with Crippen molar-refractivity contribution in [3.8, 4) is 0 Å². The van der Waals surface area contributed by atoms with E-state index in [2.05, 4.69) is 15.2 Å². The van der Waals surface area contributed by atoms with Crippen LogP contribution in [0.3, 0.4) is 0 Å². The molecular weight excluding hydrogens is 271 g/mol. The summed E-state index contributed by atoms with van der Waals surface area (Å²) in [4.78, 5) is 16.8. The molecule has 5 nitrogen and oxygen atoms in total. The standard InChI is InChI=1S/C15H9FN4O/c16-10-5-3-4-9-13(10)18-19-14(9)15(21)20-8-17-11-6-1-2-7-12(11)20/h1-8H,(H,18,19). The molecule has 102 valence electrons. The van der Waals surface area contributed by atoms with Gasteiger partial charge in [0.15, 0.2) is 5.82 Å². The molecule has 21 heavy (non-hydrogen) atoms. The van der Waals surface area contributed by atoms with Gasteiger partial charge in [0.1, 0.15) is 17.5 Å². The van der Waals surface area contributed by atoms with Crippen LogP contribution in [0.15, 0.2) is 48.8 Å². The van der Waals surface area contributed by atoms with Gasteiger partial charge in [-0.1, -0.05) is 24.3 Å². The van der Waals surface area contributed by atoms with Crippen LogP contribution >= 0.6 is 0 Å². The minimum atomic E-state index is -0.460. The second kappa shape index (κ2) is 4.24. The highest BCUT2D eigenvalue weighted by molar-refractivity contribution is 6.08. The van der Waals surface area contributed by atoms with Gasteiger partial charge in [-0.25, -0.2) is 9.37 Å². The van der Waals surface area contributed by atoms with Gasteiger partial charge in [-0.3, -0.25) is 14.5 Å². The molecule has 2 aromatic heterocycles. The third-order valence-corrected chi connectivity index (χ3v) is 3.42. The second-order valence-electron chi connectivity index (χ2n) is 4.64. The van der Waals surface area contributed by atoms with Crippen molar-refractivity contribution >= 4 is 27.8 Å². The predicted molar refractivity (Wildman–Crippen MR) is 75.5 cm³/mol. The van der Waals surface area contributed by atoms with Gasteiger partial charge in [0.25, 0.3) is 5.91 Å². The summed E-state index contributed by atoms with van der Waals surface area (Å²) in [6.07, 6.45) is 1.46. The molecule has 2 aromatic carbocycles. The summed E-state index contributed by atoms with van der Waals surface area (Å²) < 4.78 is 15.1. The molecule has 4 rings (SSSR count). The lowest BCUT2D eigenvalue weighted by Crippen LogP contribution is -2.11. The van der Waals surface area contributed by atoms with E-state index in [9.17, 15) is 9.18 Å². The average molecular weight is 280 g/mol. The third kappa shape index (κ3) is 1.66. The highest BCUT2D eigenvalue weighted by Crippen LogP contribution is 2.21.